The maximum atomic E-state index is 12.1. The smallest absolute Gasteiger partial charge is 0.252 e. The molecule has 0 atom stereocenters. The van der Waals surface area contributed by atoms with Crippen molar-refractivity contribution in [3.05, 3.63) is 58.6 Å². The van der Waals surface area contributed by atoms with Crippen molar-refractivity contribution in [2.75, 3.05) is 17.6 Å². The number of nitrogen functional groups attached to an aromatic ring is 1. The molecule has 140 valence electrons. The monoisotopic (exact) mass is 395 g/mol. The molecule has 0 unspecified atom stereocenters. The third-order valence-electron chi connectivity index (χ3n) is 3.71. The second-order valence-corrected chi connectivity index (χ2v) is 6.10. The number of anilines is 2. The average Bonchev–Trinajstić information content (AvgIpc) is 2.59. The van der Waals surface area contributed by atoms with Crippen LogP contribution >= 0.6 is 24.0 Å². The number of nitrogens with one attached hydrogen (secondary N) is 2. The van der Waals surface area contributed by atoms with E-state index in [1.165, 1.54) is 0 Å². The molecule has 0 radical (unpaired) electrons. The van der Waals surface area contributed by atoms with Crippen LogP contribution in [-0.2, 0) is 11.2 Å². The van der Waals surface area contributed by atoms with E-state index in [0.717, 1.165) is 12.0 Å². The average molecular weight is 396 g/mol. The van der Waals surface area contributed by atoms with Gasteiger partial charge in [0.2, 0.25) is 5.91 Å². The normalized spacial score (nSPS) is 9.92. The number of rotatable bonds is 7. The largest absolute Gasteiger partial charge is 0.399 e. The standard InChI is InChI=1S/C19H22ClN3O2.ClH/c1-2-11-22-19(25)15-9-8-14(12-16(15)20)23-18(24)10-7-13-5-3-4-6-17(13)21;/h3-6,8-9,12H,2,7,10-11,21H2,1H3,(H,22,25)(H,23,24);1H. The highest BCUT2D eigenvalue weighted by Crippen LogP contribution is 2.21. The molecule has 0 aromatic heterocycles. The van der Waals surface area contributed by atoms with Crippen molar-refractivity contribution >= 4 is 47.2 Å². The molecule has 26 heavy (non-hydrogen) atoms. The molecule has 2 rings (SSSR count). The highest BCUT2D eigenvalue weighted by molar-refractivity contribution is 6.34. The zero-order valence-electron chi connectivity index (χ0n) is 14.5. The van der Waals surface area contributed by atoms with E-state index in [0.29, 0.717) is 41.3 Å². The van der Waals surface area contributed by atoms with E-state index in [2.05, 4.69) is 10.6 Å². The summed E-state index contributed by atoms with van der Waals surface area (Å²) in [7, 11) is 0. The van der Waals surface area contributed by atoms with Gasteiger partial charge in [-0.2, -0.15) is 0 Å². The number of hydrogen-bond acceptors (Lipinski definition) is 3. The maximum Gasteiger partial charge on any atom is 0.252 e. The Bertz CT molecular complexity index is 766. The Balaban J connectivity index is 0.00000338. The summed E-state index contributed by atoms with van der Waals surface area (Å²) in [4.78, 5) is 24.0. The van der Waals surface area contributed by atoms with Crippen LogP contribution in [0.1, 0.15) is 35.7 Å². The molecule has 0 aliphatic heterocycles. The van der Waals surface area contributed by atoms with E-state index in [1.54, 1.807) is 18.2 Å². The number of aryl methyl sites for hydroxylation is 1. The zero-order chi connectivity index (χ0) is 18.2. The Morgan fingerprint density at radius 2 is 1.88 bits per heavy atom. The molecule has 0 heterocycles. The number of halogens is 2. The number of benzene rings is 2. The van der Waals surface area contributed by atoms with Gasteiger partial charge < -0.3 is 16.4 Å². The SMILES string of the molecule is CCCNC(=O)c1ccc(NC(=O)CCc2ccccc2N)cc1Cl.Cl. The fourth-order valence-electron chi connectivity index (χ4n) is 2.34. The molecule has 0 saturated heterocycles. The topological polar surface area (TPSA) is 84.2 Å². The second kappa shape index (κ2) is 10.7. The second-order valence-electron chi connectivity index (χ2n) is 5.70. The summed E-state index contributed by atoms with van der Waals surface area (Å²) in [6, 6.07) is 12.3. The minimum Gasteiger partial charge on any atom is -0.399 e. The lowest BCUT2D eigenvalue weighted by Crippen LogP contribution is -2.24. The van der Waals surface area contributed by atoms with Crippen LogP contribution in [0.25, 0.3) is 0 Å². The molecule has 0 aliphatic rings. The Labute approximate surface area is 164 Å². The van der Waals surface area contributed by atoms with E-state index < -0.39 is 0 Å². The minimum atomic E-state index is -0.218. The maximum absolute atomic E-state index is 12.1. The lowest BCUT2D eigenvalue weighted by atomic mass is 10.1. The molecule has 5 nitrogen and oxygen atoms in total. The summed E-state index contributed by atoms with van der Waals surface area (Å²) in [6.07, 6.45) is 1.72. The molecule has 0 spiro atoms. The summed E-state index contributed by atoms with van der Waals surface area (Å²) in [5.74, 6) is -0.355. The quantitative estimate of drug-likeness (QED) is 0.618. The van der Waals surface area contributed by atoms with Crippen molar-refractivity contribution in [1.29, 1.82) is 0 Å². The summed E-state index contributed by atoms with van der Waals surface area (Å²) < 4.78 is 0. The lowest BCUT2D eigenvalue weighted by molar-refractivity contribution is -0.116. The molecule has 7 heteroatoms. The third-order valence-corrected chi connectivity index (χ3v) is 4.02. The van der Waals surface area contributed by atoms with Gasteiger partial charge in [-0.3, -0.25) is 9.59 Å². The molecule has 0 bridgehead atoms. The number of carbonyl (C=O) groups excluding carboxylic acids is 2. The Morgan fingerprint density at radius 1 is 1.15 bits per heavy atom. The van der Waals surface area contributed by atoms with Crippen molar-refractivity contribution in [2.45, 2.75) is 26.2 Å². The minimum absolute atomic E-state index is 0. The van der Waals surface area contributed by atoms with Gasteiger partial charge in [0, 0.05) is 24.3 Å². The van der Waals surface area contributed by atoms with Crippen LogP contribution in [0.5, 0.6) is 0 Å². The van der Waals surface area contributed by atoms with E-state index in [9.17, 15) is 9.59 Å². The first kappa shape index (κ1) is 21.8. The molecule has 0 saturated carbocycles. The number of amides is 2. The van der Waals surface area contributed by atoms with Crippen molar-refractivity contribution in [3.63, 3.8) is 0 Å². The van der Waals surface area contributed by atoms with Crippen LogP contribution in [-0.4, -0.2) is 18.4 Å². The van der Waals surface area contributed by atoms with Crippen molar-refractivity contribution < 1.29 is 9.59 Å². The van der Waals surface area contributed by atoms with Crippen molar-refractivity contribution in [3.8, 4) is 0 Å². The van der Waals surface area contributed by atoms with Gasteiger partial charge in [0.25, 0.3) is 5.91 Å². The predicted octanol–water partition coefficient (Wildman–Crippen LogP) is 4.06. The highest BCUT2D eigenvalue weighted by atomic mass is 35.5. The fraction of sp³-hybridized carbons (Fsp3) is 0.263. The van der Waals surface area contributed by atoms with E-state index in [1.807, 2.05) is 31.2 Å². The molecule has 2 aromatic rings. The van der Waals surface area contributed by atoms with Gasteiger partial charge in [-0.1, -0.05) is 36.7 Å². The Morgan fingerprint density at radius 3 is 2.54 bits per heavy atom. The van der Waals surface area contributed by atoms with E-state index >= 15 is 0 Å². The summed E-state index contributed by atoms with van der Waals surface area (Å²) in [6.45, 7) is 2.57. The van der Waals surface area contributed by atoms with Crippen molar-refractivity contribution in [1.82, 2.24) is 5.32 Å². The van der Waals surface area contributed by atoms with Crippen LogP contribution in [0.2, 0.25) is 5.02 Å². The van der Waals surface area contributed by atoms with Crippen LogP contribution in [0, 0.1) is 0 Å². The third kappa shape index (κ3) is 6.24. The molecular weight excluding hydrogens is 373 g/mol. The van der Waals surface area contributed by atoms with Gasteiger partial charge in [0.15, 0.2) is 0 Å². The summed E-state index contributed by atoms with van der Waals surface area (Å²) in [5, 5.41) is 5.86. The Hall–Kier alpha value is -2.24. The van der Waals surface area contributed by atoms with E-state index in [4.69, 9.17) is 17.3 Å². The fourth-order valence-corrected chi connectivity index (χ4v) is 2.61. The van der Waals surface area contributed by atoms with Gasteiger partial charge >= 0.3 is 0 Å². The molecule has 0 aliphatic carbocycles. The first-order valence-corrected chi connectivity index (χ1v) is 8.60. The van der Waals surface area contributed by atoms with Gasteiger partial charge in [0.05, 0.1) is 10.6 Å². The molecule has 2 aromatic carbocycles. The lowest BCUT2D eigenvalue weighted by Gasteiger charge is -2.10. The van der Waals surface area contributed by atoms with Gasteiger partial charge in [-0.15, -0.1) is 12.4 Å². The van der Waals surface area contributed by atoms with Crippen LogP contribution < -0.4 is 16.4 Å². The number of carbonyl (C=O) groups is 2. The van der Waals surface area contributed by atoms with Gasteiger partial charge in [-0.05, 0) is 42.7 Å². The Kier molecular flexibility index (Phi) is 8.96. The van der Waals surface area contributed by atoms with Crippen LogP contribution in [0.4, 0.5) is 11.4 Å². The van der Waals surface area contributed by atoms with Gasteiger partial charge in [0.1, 0.15) is 0 Å². The molecular formula is C19H23Cl2N3O2. The predicted molar refractivity (Wildman–Crippen MR) is 109 cm³/mol. The molecule has 2 amide bonds. The van der Waals surface area contributed by atoms with Crippen LogP contribution in [0.3, 0.4) is 0 Å². The molecule has 0 fully saturated rings. The van der Waals surface area contributed by atoms with Gasteiger partial charge in [-0.25, -0.2) is 0 Å². The summed E-state index contributed by atoms with van der Waals surface area (Å²) >= 11 is 6.15. The highest BCUT2D eigenvalue weighted by Gasteiger charge is 2.11. The van der Waals surface area contributed by atoms with Crippen LogP contribution in [0.15, 0.2) is 42.5 Å². The zero-order valence-corrected chi connectivity index (χ0v) is 16.1. The van der Waals surface area contributed by atoms with Crippen molar-refractivity contribution in [2.24, 2.45) is 0 Å². The molecule has 4 N–H and O–H groups in total. The number of nitrogens with two attached hydrogens (primary N) is 1. The number of hydrogen-bond donors (Lipinski definition) is 3. The first-order valence-electron chi connectivity index (χ1n) is 8.22. The summed E-state index contributed by atoms with van der Waals surface area (Å²) in [5.41, 5.74) is 8.45. The number of para-hydroxylation sites is 1. The van der Waals surface area contributed by atoms with E-state index in [-0.39, 0.29) is 24.2 Å². The first-order chi connectivity index (χ1) is 12.0.